The quantitative estimate of drug-likeness (QED) is 0.779. The Balaban J connectivity index is 2.46. The number of hydrogen-bond acceptors (Lipinski definition) is 3. The van der Waals surface area contributed by atoms with E-state index < -0.39 is 17.7 Å². The highest BCUT2D eigenvalue weighted by Crippen LogP contribution is 2.35. The molecule has 0 unspecified atom stereocenters. The first-order chi connectivity index (χ1) is 9.82. The summed E-state index contributed by atoms with van der Waals surface area (Å²) in [7, 11) is 0. The summed E-state index contributed by atoms with van der Waals surface area (Å²) in [5.41, 5.74) is -0.926. The van der Waals surface area contributed by atoms with Gasteiger partial charge in [-0.15, -0.1) is 0 Å². The van der Waals surface area contributed by atoms with E-state index in [0.29, 0.717) is 4.47 Å². The van der Waals surface area contributed by atoms with Crippen LogP contribution in [-0.4, -0.2) is 22.4 Å². The zero-order valence-corrected chi connectivity index (χ0v) is 12.4. The van der Waals surface area contributed by atoms with Gasteiger partial charge in [0.15, 0.2) is 0 Å². The van der Waals surface area contributed by atoms with Crippen molar-refractivity contribution in [3.05, 3.63) is 46.2 Å². The predicted molar refractivity (Wildman–Crippen MR) is 72.2 cm³/mol. The minimum absolute atomic E-state index is 0.0906. The van der Waals surface area contributed by atoms with Gasteiger partial charge in [-0.3, -0.25) is 0 Å². The number of aromatic nitrogens is 2. The lowest BCUT2D eigenvalue weighted by molar-refractivity contribution is -0.137. The Morgan fingerprint density at radius 1 is 1.43 bits per heavy atom. The maximum absolute atomic E-state index is 13.0. The average Bonchev–Trinajstić information content (AvgIpc) is 2.87. The number of benzene rings is 1. The first-order valence-electron chi connectivity index (χ1n) is 5.92. The molecule has 0 aliphatic carbocycles. The van der Waals surface area contributed by atoms with Crippen molar-refractivity contribution in [1.82, 2.24) is 9.78 Å². The molecule has 1 aromatic carbocycles. The molecule has 4 nitrogen and oxygen atoms in total. The number of nitrogens with zero attached hydrogens (tertiary/aromatic N) is 2. The fraction of sp³-hybridized carbons (Fsp3) is 0.231. The average molecular weight is 363 g/mol. The summed E-state index contributed by atoms with van der Waals surface area (Å²) in [6, 6.07) is 3.70. The molecule has 0 N–H and O–H groups in total. The standard InChI is InChI=1S/C13H10BrF3N2O2/c1-2-21-12(20)8-6-18-19(7-8)11-4-3-9(14)5-10(11)13(15,16)17/h3-7H,2H2,1H3. The SMILES string of the molecule is CCOC(=O)c1cnn(-c2ccc(Br)cc2C(F)(F)F)c1. The Labute approximate surface area is 126 Å². The number of carbonyl (C=O) groups excluding carboxylic acids is 1. The first kappa shape index (κ1) is 15.6. The second kappa shape index (κ2) is 5.88. The summed E-state index contributed by atoms with van der Waals surface area (Å²) in [5, 5.41) is 3.79. The number of halogens is 4. The van der Waals surface area contributed by atoms with Crippen LogP contribution in [0.25, 0.3) is 5.69 Å². The summed E-state index contributed by atoms with van der Waals surface area (Å²) < 4.78 is 45.2. The monoisotopic (exact) mass is 362 g/mol. The van der Waals surface area contributed by atoms with Crippen LogP contribution in [0.15, 0.2) is 35.1 Å². The topological polar surface area (TPSA) is 44.1 Å². The van der Waals surface area contributed by atoms with Gasteiger partial charge in [-0.1, -0.05) is 15.9 Å². The van der Waals surface area contributed by atoms with Gasteiger partial charge in [-0.05, 0) is 25.1 Å². The van der Waals surface area contributed by atoms with Gasteiger partial charge in [-0.2, -0.15) is 18.3 Å². The number of rotatable bonds is 3. The molecule has 0 amide bonds. The van der Waals surface area contributed by atoms with Crippen molar-refractivity contribution in [3.8, 4) is 5.69 Å². The van der Waals surface area contributed by atoms with E-state index >= 15 is 0 Å². The second-order valence-electron chi connectivity index (χ2n) is 4.05. The normalized spacial score (nSPS) is 11.5. The lowest BCUT2D eigenvalue weighted by Gasteiger charge is -2.13. The van der Waals surface area contributed by atoms with E-state index in [0.717, 1.165) is 10.7 Å². The van der Waals surface area contributed by atoms with Crippen LogP contribution in [0.4, 0.5) is 13.2 Å². The number of alkyl halides is 3. The van der Waals surface area contributed by atoms with Gasteiger partial charge in [0, 0.05) is 10.7 Å². The van der Waals surface area contributed by atoms with E-state index in [1.54, 1.807) is 6.92 Å². The molecule has 1 heterocycles. The zero-order valence-electron chi connectivity index (χ0n) is 10.8. The van der Waals surface area contributed by atoms with Crippen LogP contribution >= 0.6 is 15.9 Å². The highest BCUT2D eigenvalue weighted by molar-refractivity contribution is 9.10. The molecule has 2 aromatic rings. The van der Waals surface area contributed by atoms with Crippen LogP contribution < -0.4 is 0 Å². The van der Waals surface area contributed by atoms with Crippen LogP contribution in [0.3, 0.4) is 0 Å². The van der Waals surface area contributed by atoms with Crippen molar-refractivity contribution in [1.29, 1.82) is 0 Å². The third-order valence-corrected chi connectivity index (χ3v) is 3.10. The summed E-state index contributed by atoms with van der Waals surface area (Å²) in [6.07, 6.45) is -2.16. The van der Waals surface area contributed by atoms with Crippen LogP contribution in [-0.2, 0) is 10.9 Å². The van der Waals surface area contributed by atoms with E-state index in [4.69, 9.17) is 4.74 Å². The molecular weight excluding hydrogens is 353 g/mol. The summed E-state index contributed by atoms with van der Waals surface area (Å²) in [6.45, 7) is 1.81. The second-order valence-corrected chi connectivity index (χ2v) is 4.97. The molecule has 0 aliphatic heterocycles. The van der Waals surface area contributed by atoms with Gasteiger partial charge >= 0.3 is 12.1 Å². The van der Waals surface area contributed by atoms with E-state index in [1.807, 2.05) is 0 Å². The maximum atomic E-state index is 13.0. The molecular formula is C13H10BrF3N2O2. The minimum Gasteiger partial charge on any atom is -0.462 e. The fourth-order valence-corrected chi connectivity index (χ4v) is 2.07. The zero-order chi connectivity index (χ0) is 15.6. The molecule has 112 valence electrons. The summed E-state index contributed by atoms with van der Waals surface area (Å²) >= 11 is 3.01. The predicted octanol–water partition coefficient (Wildman–Crippen LogP) is 3.83. The van der Waals surface area contributed by atoms with Gasteiger partial charge in [0.25, 0.3) is 0 Å². The largest absolute Gasteiger partial charge is 0.462 e. The van der Waals surface area contributed by atoms with Crippen molar-refractivity contribution in [2.45, 2.75) is 13.1 Å². The van der Waals surface area contributed by atoms with E-state index in [2.05, 4.69) is 21.0 Å². The van der Waals surface area contributed by atoms with Gasteiger partial charge < -0.3 is 4.74 Å². The molecule has 0 aliphatic rings. The number of carbonyl (C=O) groups is 1. The Morgan fingerprint density at radius 2 is 2.14 bits per heavy atom. The van der Waals surface area contributed by atoms with Gasteiger partial charge in [0.1, 0.15) is 0 Å². The van der Waals surface area contributed by atoms with Crippen LogP contribution in [0.5, 0.6) is 0 Å². The summed E-state index contributed by atoms with van der Waals surface area (Å²) in [4.78, 5) is 11.5. The molecule has 21 heavy (non-hydrogen) atoms. The molecule has 0 saturated carbocycles. The van der Waals surface area contributed by atoms with Crippen LogP contribution in [0.1, 0.15) is 22.8 Å². The maximum Gasteiger partial charge on any atom is 0.418 e. The Kier molecular flexibility index (Phi) is 4.36. The lowest BCUT2D eigenvalue weighted by atomic mass is 10.1. The highest BCUT2D eigenvalue weighted by Gasteiger charge is 2.34. The van der Waals surface area contributed by atoms with E-state index in [9.17, 15) is 18.0 Å². The molecule has 0 radical (unpaired) electrons. The highest BCUT2D eigenvalue weighted by atomic mass is 79.9. The van der Waals surface area contributed by atoms with Crippen LogP contribution in [0.2, 0.25) is 0 Å². The van der Waals surface area contributed by atoms with E-state index in [1.165, 1.54) is 24.5 Å². The summed E-state index contributed by atoms with van der Waals surface area (Å²) in [5.74, 6) is -0.630. The third-order valence-electron chi connectivity index (χ3n) is 2.60. The van der Waals surface area contributed by atoms with Crippen molar-refractivity contribution < 1.29 is 22.7 Å². The molecule has 8 heteroatoms. The Bertz CT molecular complexity index is 668. The van der Waals surface area contributed by atoms with Crippen molar-refractivity contribution in [2.24, 2.45) is 0 Å². The molecule has 0 atom stereocenters. The third kappa shape index (κ3) is 3.44. The van der Waals surface area contributed by atoms with Crippen molar-refractivity contribution in [2.75, 3.05) is 6.61 Å². The molecule has 0 fully saturated rings. The first-order valence-corrected chi connectivity index (χ1v) is 6.71. The molecule has 2 rings (SSSR count). The van der Waals surface area contributed by atoms with Gasteiger partial charge in [-0.25, -0.2) is 9.48 Å². The number of ether oxygens (including phenoxy) is 1. The van der Waals surface area contributed by atoms with Crippen molar-refractivity contribution >= 4 is 21.9 Å². The smallest absolute Gasteiger partial charge is 0.418 e. The molecule has 0 spiro atoms. The van der Waals surface area contributed by atoms with Gasteiger partial charge in [0.05, 0.1) is 29.6 Å². The molecule has 0 bridgehead atoms. The van der Waals surface area contributed by atoms with Gasteiger partial charge in [0.2, 0.25) is 0 Å². The Hall–Kier alpha value is -1.83. The number of hydrogen-bond donors (Lipinski definition) is 0. The fourth-order valence-electron chi connectivity index (χ4n) is 1.71. The molecule has 0 saturated heterocycles. The minimum atomic E-state index is -4.53. The Morgan fingerprint density at radius 3 is 2.76 bits per heavy atom. The van der Waals surface area contributed by atoms with Crippen LogP contribution in [0, 0.1) is 0 Å². The van der Waals surface area contributed by atoms with Crippen molar-refractivity contribution in [3.63, 3.8) is 0 Å². The lowest BCUT2D eigenvalue weighted by Crippen LogP contribution is -2.11. The number of esters is 1. The van der Waals surface area contributed by atoms with E-state index in [-0.39, 0.29) is 17.9 Å². The molecule has 1 aromatic heterocycles.